The number of aromatic hydroxyl groups is 3. The molecule has 10 nitrogen and oxygen atoms in total. The van der Waals surface area contributed by atoms with Crippen molar-refractivity contribution in [3.8, 4) is 40.2 Å². The fourth-order valence-corrected chi connectivity index (χ4v) is 4.43. The van der Waals surface area contributed by atoms with E-state index in [0.29, 0.717) is 28.4 Å². The summed E-state index contributed by atoms with van der Waals surface area (Å²) in [4.78, 5) is 12.8. The Labute approximate surface area is 205 Å². The van der Waals surface area contributed by atoms with Gasteiger partial charge in [0.2, 0.25) is 5.78 Å². The van der Waals surface area contributed by atoms with E-state index in [-0.39, 0.29) is 29.4 Å². The summed E-state index contributed by atoms with van der Waals surface area (Å²) >= 11 is 0. The van der Waals surface area contributed by atoms with Crippen molar-refractivity contribution in [3.63, 3.8) is 0 Å². The van der Waals surface area contributed by atoms with Crippen LogP contribution in [-0.2, 0) is 4.74 Å². The monoisotopic (exact) mass is 496 g/mol. The van der Waals surface area contributed by atoms with Crippen molar-refractivity contribution < 1.29 is 48.9 Å². The molecular formula is C26H24O10. The first kappa shape index (κ1) is 23.6. The molecule has 0 saturated carbocycles. The first-order chi connectivity index (χ1) is 17.3. The van der Waals surface area contributed by atoms with E-state index in [1.54, 1.807) is 30.3 Å². The second kappa shape index (κ2) is 9.14. The molecule has 2 heterocycles. The van der Waals surface area contributed by atoms with Crippen molar-refractivity contribution in [1.82, 2.24) is 0 Å². The Morgan fingerprint density at radius 1 is 0.806 bits per heavy atom. The summed E-state index contributed by atoms with van der Waals surface area (Å²) in [6, 6.07) is 11.9. The summed E-state index contributed by atoms with van der Waals surface area (Å²) in [5, 5.41) is 40.4. The summed E-state index contributed by atoms with van der Waals surface area (Å²) in [5.41, 5.74) is 0.934. The van der Waals surface area contributed by atoms with Gasteiger partial charge in [-0.15, -0.1) is 0 Å². The standard InChI is InChI=1S/C26H24O10/c1-32-11-21-25(12-3-5-15(28)18(7-12)33-2)35-17-6-4-13(8-19(17)34-21)26-24(31)23(30)22-16(29)9-14(27)10-20(22)36-26/h3-10,21,24-29,31H,11H2,1-2H3. The van der Waals surface area contributed by atoms with Crippen LogP contribution in [0.15, 0.2) is 48.5 Å². The number of carbonyl (C=O) groups excluding carboxylic acids is 1. The van der Waals surface area contributed by atoms with Crippen LogP contribution in [0.5, 0.6) is 40.2 Å². The van der Waals surface area contributed by atoms with Crippen molar-refractivity contribution in [2.45, 2.75) is 24.4 Å². The SMILES string of the molecule is COCC1Oc2cc(C3Oc4cc(O)cc(O)c4C(=O)C3O)ccc2OC1c1ccc(O)c(OC)c1. The molecule has 4 atom stereocenters. The molecule has 0 fully saturated rings. The second-order valence-corrected chi connectivity index (χ2v) is 8.47. The van der Waals surface area contributed by atoms with Gasteiger partial charge in [-0.1, -0.05) is 12.1 Å². The van der Waals surface area contributed by atoms with Crippen molar-refractivity contribution in [2.75, 3.05) is 20.8 Å². The Hall–Kier alpha value is -4.15. The predicted molar refractivity (Wildman–Crippen MR) is 124 cm³/mol. The number of Topliss-reactive ketones (excluding diaryl/α,β-unsaturated/α-hetero) is 1. The Kier molecular flexibility index (Phi) is 5.99. The van der Waals surface area contributed by atoms with Gasteiger partial charge < -0.3 is 44.1 Å². The molecule has 0 amide bonds. The fraction of sp³-hybridized carbons (Fsp3) is 0.269. The van der Waals surface area contributed by atoms with E-state index >= 15 is 0 Å². The molecule has 0 spiro atoms. The number of phenols is 3. The highest BCUT2D eigenvalue weighted by molar-refractivity contribution is 6.05. The summed E-state index contributed by atoms with van der Waals surface area (Å²) in [7, 11) is 2.98. The zero-order chi connectivity index (χ0) is 25.6. The van der Waals surface area contributed by atoms with Gasteiger partial charge in [0.05, 0.1) is 13.7 Å². The van der Waals surface area contributed by atoms with Gasteiger partial charge in [-0.3, -0.25) is 4.79 Å². The summed E-state index contributed by atoms with van der Waals surface area (Å²) in [6.07, 6.45) is -3.85. The van der Waals surface area contributed by atoms with Crippen LogP contribution in [-0.4, -0.2) is 59.2 Å². The molecule has 0 radical (unpaired) electrons. The number of benzene rings is 3. The molecule has 5 rings (SSSR count). The Morgan fingerprint density at radius 3 is 2.28 bits per heavy atom. The lowest BCUT2D eigenvalue weighted by molar-refractivity contribution is -0.0244. The summed E-state index contributed by atoms with van der Waals surface area (Å²) < 4.78 is 28.7. The first-order valence-corrected chi connectivity index (χ1v) is 11.1. The fourth-order valence-electron chi connectivity index (χ4n) is 4.43. The number of carbonyl (C=O) groups is 1. The number of rotatable bonds is 5. The molecule has 36 heavy (non-hydrogen) atoms. The topological polar surface area (TPSA) is 144 Å². The maximum absolute atomic E-state index is 12.8. The van der Waals surface area contributed by atoms with Crippen LogP contribution in [0.2, 0.25) is 0 Å². The van der Waals surface area contributed by atoms with Gasteiger partial charge in [0.15, 0.2) is 47.4 Å². The predicted octanol–water partition coefficient (Wildman–Crippen LogP) is 3.02. The van der Waals surface area contributed by atoms with Gasteiger partial charge >= 0.3 is 0 Å². The van der Waals surface area contributed by atoms with E-state index in [9.17, 15) is 25.2 Å². The van der Waals surface area contributed by atoms with E-state index in [1.165, 1.54) is 26.4 Å². The highest BCUT2D eigenvalue weighted by atomic mass is 16.6. The van der Waals surface area contributed by atoms with E-state index in [1.807, 2.05) is 0 Å². The van der Waals surface area contributed by atoms with Crippen molar-refractivity contribution in [1.29, 1.82) is 0 Å². The summed E-state index contributed by atoms with van der Waals surface area (Å²) in [6.45, 7) is 0.185. The number of hydrogen-bond donors (Lipinski definition) is 4. The van der Waals surface area contributed by atoms with Crippen LogP contribution in [0.4, 0.5) is 0 Å². The number of hydrogen-bond acceptors (Lipinski definition) is 10. The Morgan fingerprint density at radius 2 is 1.53 bits per heavy atom. The number of aliphatic hydroxyl groups is 1. The molecule has 2 aliphatic rings. The lowest BCUT2D eigenvalue weighted by Crippen LogP contribution is -2.38. The minimum absolute atomic E-state index is 0.00453. The van der Waals surface area contributed by atoms with E-state index in [0.717, 1.165) is 6.07 Å². The highest BCUT2D eigenvalue weighted by Crippen LogP contribution is 2.45. The number of fused-ring (bicyclic) bond motifs is 2. The van der Waals surface area contributed by atoms with Crippen LogP contribution < -0.4 is 18.9 Å². The summed E-state index contributed by atoms with van der Waals surface area (Å²) in [5.74, 6) is -0.480. The normalized spacial score (nSPS) is 22.5. The third-order valence-electron chi connectivity index (χ3n) is 6.15. The van der Waals surface area contributed by atoms with Gasteiger partial charge in [0.1, 0.15) is 22.8 Å². The maximum atomic E-state index is 12.8. The minimum Gasteiger partial charge on any atom is -0.508 e. The molecule has 0 aliphatic carbocycles. The van der Waals surface area contributed by atoms with E-state index < -0.39 is 35.9 Å². The highest BCUT2D eigenvalue weighted by Gasteiger charge is 2.40. The number of aliphatic hydroxyl groups excluding tert-OH is 1. The van der Waals surface area contributed by atoms with Crippen molar-refractivity contribution >= 4 is 5.78 Å². The third-order valence-corrected chi connectivity index (χ3v) is 6.15. The van der Waals surface area contributed by atoms with E-state index in [2.05, 4.69) is 0 Å². The number of methoxy groups -OCH3 is 2. The zero-order valence-corrected chi connectivity index (χ0v) is 19.4. The molecule has 4 unspecified atom stereocenters. The molecule has 3 aromatic rings. The van der Waals surface area contributed by atoms with Gasteiger partial charge in [0.25, 0.3) is 0 Å². The first-order valence-electron chi connectivity index (χ1n) is 11.1. The van der Waals surface area contributed by atoms with Crippen LogP contribution in [0.3, 0.4) is 0 Å². The molecule has 0 saturated heterocycles. The molecule has 188 valence electrons. The lowest BCUT2D eigenvalue weighted by Gasteiger charge is -2.35. The molecule has 3 aromatic carbocycles. The minimum atomic E-state index is -1.59. The smallest absolute Gasteiger partial charge is 0.202 e. The third kappa shape index (κ3) is 4.00. The quantitative estimate of drug-likeness (QED) is 0.416. The van der Waals surface area contributed by atoms with Crippen LogP contribution in [0.1, 0.15) is 33.7 Å². The average Bonchev–Trinajstić information content (AvgIpc) is 2.85. The van der Waals surface area contributed by atoms with Crippen LogP contribution in [0.25, 0.3) is 0 Å². The Balaban J connectivity index is 1.47. The maximum Gasteiger partial charge on any atom is 0.202 e. The van der Waals surface area contributed by atoms with Gasteiger partial charge in [-0.25, -0.2) is 0 Å². The van der Waals surface area contributed by atoms with Crippen molar-refractivity contribution in [2.24, 2.45) is 0 Å². The number of phenolic OH excluding ortho intramolecular Hbond substituents is 3. The van der Waals surface area contributed by atoms with Crippen molar-refractivity contribution in [3.05, 3.63) is 65.2 Å². The second-order valence-electron chi connectivity index (χ2n) is 8.47. The molecule has 0 aromatic heterocycles. The average molecular weight is 496 g/mol. The van der Waals surface area contributed by atoms with Crippen LogP contribution >= 0.6 is 0 Å². The van der Waals surface area contributed by atoms with Gasteiger partial charge in [0, 0.05) is 24.8 Å². The molecule has 2 aliphatic heterocycles. The van der Waals surface area contributed by atoms with Gasteiger partial charge in [-0.2, -0.15) is 0 Å². The number of ether oxygens (including phenoxy) is 5. The zero-order valence-electron chi connectivity index (χ0n) is 19.4. The molecule has 0 bridgehead atoms. The van der Waals surface area contributed by atoms with Gasteiger partial charge in [-0.05, 0) is 29.8 Å². The molecular weight excluding hydrogens is 472 g/mol. The largest absolute Gasteiger partial charge is 0.508 e. The van der Waals surface area contributed by atoms with Crippen LogP contribution in [0, 0.1) is 0 Å². The molecule has 4 N–H and O–H groups in total. The lowest BCUT2D eigenvalue weighted by atomic mass is 9.92. The number of ketones is 1. The van der Waals surface area contributed by atoms with E-state index in [4.69, 9.17) is 23.7 Å². The Bertz CT molecular complexity index is 1320. The molecule has 10 heteroatoms.